The zero-order valence-corrected chi connectivity index (χ0v) is 14.4. The van der Waals surface area contributed by atoms with Crippen molar-refractivity contribution in [1.29, 1.82) is 0 Å². The number of hydrogen-bond donors (Lipinski definition) is 0. The maximum atomic E-state index is 5.81. The van der Waals surface area contributed by atoms with Gasteiger partial charge in [0.1, 0.15) is 11.5 Å². The molecular formula is C16H19BrO2Si. The molecule has 0 fully saturated rings. The van der Waals surface area contributed by atoms with Crippen LogP contribution < -0.4 is 4.74 Å². The molecule has 2 aromatic rings. The smallest absolute Gasteiger partial charge is 0.151 e. The Morgan fingerprint density at radius 2 is 1.65 bits per heavy atom. The number of halogens is 1. The lowest BCUT2D eigenvalue weighted by Gasteiger charge is -2.14. The summed E-state index contributed by atoms with van der Waals surface area (Å²) in [6, 6.07) is 17.8. The van der Waals surface area contributed by atoms with Crippen LogP contribution in [0.4, 0.5) is 0 Å². The van der Waals surface area contributed by atoms with Gasteiger partial charge in [-0.15, -0.1) is 15.3 Å². The fourth-order valence-corrected chi connectivity index (χ4v) is 2.81. The molecule has 0 aliphatic carbocycles. The van der Waals surface area contributed by atoms with Crippen molar-refractivity contribution in [3.8, 4) is 11.5 Å². The van der Waals surface area contributed by atoms with E-state index in [1.807, 2.05) is 48.5 Å². The number of benzene rings is 2. The summed E-state index contributed by atoms with van der Waals surface area (Å²) in [4.78, 5) is 0. The summed E-state index contributed by atoms with van der Waals surface area (Å²) >= 11 is 3.70. The molecule has 0 unspecified atom stereocenters. The summed E-state index contributed by atoms with van der Waals surface area (Å²) < 4.78 is 11.6. The molecule has 0 aliphatic heterocycles. The summed E-state index contributed by atoms with van der Waals surface area (Å²) in [5.41, 5.74) is 1.13. The highest BCUT2D eigenvalue weighted by Crippen LogP contribution is 2.22. The number of ether oxygens (including phenoxy) is 2. The van der Waals surface area contributed by atoms with Gasteiger partial charge in [-0.25, -0.2) is 0 Å². The van der Waals surface area contributed by atoms with Crippen molar-refractivity contribution in [2.75, 3.05) is 6.23 Å². The van der Waals surface area contributed by atoms with Crippen molar-refractivity contribution in [2.45, 2.75) is 19.7 Å². The van der Waals surface area contributed by atoms with Crippen LogP contribution in [0.3, 0.4) is 0 Å². The van der Waals surface area contributed by atoms with E-state index in [0.717, 1.165) is 23.3 Å². The maximum Gasteiger partial charge on any atom is 0.151 e. The Kier molecular flexibility index (Phi) is 5.40. The van der Waals surface area contributed by atoms with Gasteiger partial charge in [0.15, 0.2) is 6.69 Å². The van der Waals surface area contributed by atoms with Crippen LogP contribution in [0.15, 0.2) is 54.6 Å². The first-order valence-corrected chi connectivity index (χ1v) is 12.1. The quantitative estimate of drug-likeness (QED) is 0.530. The molecule has 0 amide bonds. The van der Waals surface area contributed by atoms with Gasteiger partial charge in [0, 0.05) is 0 Å². The first-order valence-electron chi connectivity index (χ1n) is 6.61. The summed E-state index contributed by atoms with van der Waals surface area (Å²) in [5.74, 6) is 1.69. The van der Waals surface area contributed by atoms with Crippen LogP contribution in [0.2, 0.25) is 13.1 Å². The van der Waals surface area contributed by atoms with Crippen LogP contribution in [0.5, 0.6) is 11.5 Å². The molecule has 0 N–H and O–H groups in total. The van der Waals surface area contributed by atoms with Crippen molar-refractivity contribution >= 4 is 22.0 Å². The molecule has 0 aliphatic rings. The molecule has 0 saturated heterocycles. The molecule has 2 aromatic carbocycles. The average Bonchev–Trinajstić information content (AvgIpc) is 2.39. The Hall–Kier alpha value is -1.10. The normalized spacial score (nSPS) is 11.3. The van der Waals surface area contributed by atoms with Gasteiger partial charge < -0.3 is 9.47 Å². The van der Waals surface area contributed by atoms with Crippen LogP contribution >= 0.6 is 15.3 Å². The van der Waals surface area contributed by atoms with Crippen LogP contribution in [0, 0.1) is 0 Å². The molecule has 106 valence electrons. The Bertz CT molecular complexity index is 538. The Balaban J connectivity index is 1.94. The highest BCUT2D eigenvalue weighted by atomic mass is 79.9. The molecule has 20 heavy (non-hydrogen) atoms. The lowest BCUT2D eigenvalue weighted by atomic mass is 10.2. The molecule has 2 rings (SSSR count). The lowest BCUT2D eigenvalue weighted by molar-refractivity contribution is 0.161. The molecule has 0 aromatic heterocycles. The van der Waals surface area contributed by atoms with Crippen molar-refractivity contribution in [1.82, 2.24) is 0 Å². The second-order valence-electron chi connectivity index (χ2n) is 5.27. The summed E-state index contributed by atoms with van der Waals surface area (Å²) in [6.45, 7) is 3.74. The fourth-order valence-electron chi connectivity index (χ4n) is 1.73. The molecule has 4 heteroatoms. The van der Waals surface area contributed by atoms with E-state index in [2.05, 4.69) is 34.5 Å². The van der Waals surface area contributed by atoms with E-state index in [9.17, 15) is 0 Å². The molecule has 0 heterocycles. The van der Waals surface area contributed by atoms with Crippen LogP contribution in [0.1, 0.15) is 5.56 Å². The summed E-state index contributed by atoms with van der Waals surface area (Å²) in [7, 11) is 0. The van der Waals surface area contributed by atoms with E-state index in [4.69, 9.17) is 9.47 Å². The van der Waals surface area contributed by atoms with Crippen molar-refractivity contribution in [3.63, 3.8) is 0 Å². The highest BCUT2D eigenvalue weighted by molar-refractivity contribution is 9.26. The Labute approximate surface area is 129 Å². The predicted octanol–water partition coefficient (Wildman–Crippen LogP) is 5.13. The molecule has 2 nitrogen and oxygen atoms in total. The monoisotopic (exact) mass is 350 g/mol. The topological polar surface area (TPSA) is 18.5 Å². The van der Waals surface area contributed by atoms with E-state index in [0.29, 0.717) is 6.61 Å². The van der Waals surface area contributed by atoms with Crippen LogP contribution in [-0.2, 0) is 11.3 Å². The van der Waals surface area contributed by atoms with E-state index in [-0.39, 0.29) is 0 Å². The van der Waals surface area contributed by atoms with Gasteiger partial charge in [-0.3, -0.25) is 0 Å². The zero-order valence-electron chi connectivity index (χ0n) is 11.8. The van der Waals surface area contributed by atoms with Gasteiger partial charge in [-0.2, -0.15) is 0 Å². The highest BCUT2D eigenvalue weighted by Gasteiger charge is 2.15. The first-order chi connectivity index (χ1) is 9.53. The number of para-hydroxylation sites is 1. The van der Waals surface area contributed by atoms with E-state index in [1.54, 1.807) is 0 Å². The minimum Gasteiger partial charge on any atom is -0.457 e. The SMILES string of the molecule is C[Si](C)(Br)COCc1cccc(Oc2ccccc2)c1. The molecule has 0 bridgehead atoms. The Morgan fingerprint density at radius 3 is 2.35 bits per heavy atom. The largest absolute Gasteiger partial charge is 0.457 e. The minimum absolute atomic E-state index is 0.619. The zero-order chi connectivity index (χ0) is 14.4. The predicted molar refractivity (Wildman–Crippen MR) is 89.0 cm³/mol. The number of rotatable bonds is 6. The molecule has 0 radical (unpaired) electrons. The summed E-state index contributed by atoms with van der Waals surface area (Å²) in [6.07, 6.45) is 0.802. The molecule has 0 atom stereocenters. The van der Waals surface area contributed by atoms with Gasteiger partial charge >= 0.3 is 0 Å². The number of hydrogen-bond acceptors (Lipinski definition) is 2. The van der Waals surface area contributed by atoms with Gasteiger partial charge in [0.05, 0.1) is 12.8 Å². The minimum atomic E-state index is -1.33. The van der Waals surface area contributed by atoms with Crippen molar-refractivity contribution in [2.24, 2.45) is 0 Å². The van der Waals surface area contributed by atoms with Crippen LogP contribution in [0.25, 0.3) is 0 Å². The lowest BCUT2D eigenvalue weighted by Crippen LogP contribution is -2.24. The Morgan fingerprint density at radius 1 is 0.950 bits per heavy atom. The van der Waals surface area contributed by atoms with Crippen molar-refractivity contribution in [3.05, 3.63) is 60.2 Å². The standard InChI is InChI=1S/C16H19BrO2Si/c1-20(2,17)13-18-12-14-7-6-10-16(11-14)19-15-8-4-3-5-9-15/h3-11H,12-13H2,1-2H3. The van der Waals surface area contributed by atoms with Gasteiger partial charge in [-0.1, -0.05) is 43.4 Å². The molecule has 0 saturated carbocycles. The van der Waals surface area contributed by atoms with E-state index in [1.165, 1.54) is 0 Å². The van der Waals surface area contributed by atoms with Crippen molar-refractivity contribution < 1.29 is 9.47 Å². The second kappa shape index (κ2) is 7.06. The molecular weight excluding hydrogens is 332 g/mol. The van der Waals surface area contributed by atoms with E-state index >= 15 is 0 Å². The third kappa shape index (κ3) is 5.49. The van der Waals surface area contributed by atoms with Crippen LogP contribution in [-0.4, -0.2) is 12.9 Å². The first kappa shape index (κ1) is 15.3. The van der Waals surface area contributed by atoms with E-state index < -0.39 is 6.69 Å². The maximum absolute atomic E-state index is 5.81. The third-order valence-electron chi connectivity index (χ3n) is 2.59. The third-order valence-corrected chi connectivity index (χ3v) is 4.17. The fraction of sp³-hybridized carbons (Fsp3) is 0.250. The van der Waals surface area contributed by atoms with Gasteiger partial charge in [0.2, 0.25) is 0 Å². The van der Waals surface area contributed by atoms with Gasteiger partial charge in [-0.05, 0) is 29.8 Å². The molecule has 0 spiro atoms. The summed E-state index contributed by atoms with van der Waals surface area (Å²) in [5, 5.41) is 0. The van der Waals surface area contributed by atoms with Gasteiger partial charge in [0.25, 0.3) is 0 Å². The second-order valence-corrected chi connectivity index (χ2v) is 15.4. The average molecular weight is 351 g/mol.